The molecule has 244 valence electrons. The van der Waals surface area contributed by atoms with Crippen LogP contribution in [0.4, 0.5) is 21.0 Å². The van der Waals surface area contributed by atoms with Crippen LogP contribution >= 0.6 is 11.6 Å². The number of likely N-dealkylation sites (tertiary alicyclic amines) is 1. The first kappa shape index (κ1) is 32.3. The smallest absolute Gasteiger partial charge is 0.412 e. The van der Waals surface area contributed by atoms with Gasteiger partial charge in [0.25, 0.3) is 5.91 Å². The van der Waals surface area contributed by atoms with Crippen molar-refractivity contribution in [2.45, 2.75) is 24.5 Å². The van der Waals surface area contributed by atoms with Gasteiger partial charge in [-0.1, -0.05) is 66.2 Å². The molecule has 4 aromatic rings. The summed E-state index contributed by atoms with van der Waals surface area (Å²) in [5.41, 5.74) is 2.44. The van der Waals surface area contributed by atoms with Crippen molar-refractivity contribution >= 4 is 52.8 Å². The second-order valence-corrected chi connectivity index (χ2v) is 12.2. The summed E-state index contributed by atoms with van der Waals surface area (Å²) in [6, 6.07) is 25.8. The minimum Gasteiger partial charge on any atom is -0.465 e. The SMILES string of the molecule is CN(C(=O)O)c1ccc(C(=O)N[C@@H](Cc2ccc(C(=O)c3ccccc3)cc2)C(=O)N2CCC3(C2)OC(=O)Nc2ccc(Cl)cc23)cc1. The number of fused-ring (bicyclic) bond motifs is 2. The fourth-order valence-corrected chi connectivity index (χ4v) is 6.21. The molecule has 0 radical (unpaired) electrons. The lowest BCUT2D eigenvalue weighted by Crippen LogP contribution is -2.50. The largest absolute Gasteiger partial charge is 0.465 e. The molecule has 2 aliphatic rings. The van der Waals surface area contributed by atoms with Crippen molar-refractivity contribution in [2.24, 2.45) is 0 Å². The summed E-state index contributed by atoms with van der Waals surface area (Å²) in [4.78, 5) is 67.0. The van der Waals surface area contributed by atoms with E-state index in [0.717, 1.165) is 4.90 Å². The van der Waals surface area contributed by atoms with E-state index >= 15 is 0 Å². The molecule has 0 aliphatic carbocycles. The third kappa shape index (κ3) is 6.58. The van der Waals surface area contributed by atoms with Gasteiger partial charge < -0.3 is 20.1 Å². The molecule has 1 fully saturated rings. The average Bonchev–Trinajstić information content (AvgIpc) is 3.52. The fourth-order valence-electron chi connectivity index (χ4n) is 6.04. The lowest BCUT2D eigenvalue weighted by atomic mass is 9.90. The number of hydrogen-bond donors (Lipinski definition) is 3. The Morgan fingerprint density at radius 2 is 1.62 bits per heavy atom. The van der Waals surface area contributed by atoms with E-state index in [9.17, 15) is 29.1 Å². The minimum absolute atomic E-state index is 0.0553. The molecule has 2 heterocycles. The molecule has 2 aliphatic heterocycles. The Hall–Kier alpha value is -5.68. The summed E-state index contributed by atoms with van der Waals surface area (Å²) >= 11 is 6.29. The summed E-state index contributed by atoms with van der Waals surface area (Å²) in [6.07, 6.45) is -1.35. The number of anilines is 2. The van der Waals surface area contributed by atoms with Crippen LogP contribution < -0.4 is 15.5 Å². The highest BCUT2D eigenvalue weighted by atomic mass is 35.5. The number of carboxylic acid groups (broad SMARTS) is 1. The molecule has 3 N–H and O–H groups in total. The number of halogens is 1. The van der Waals surface area contributed by atoms with Gasteiger partial charge in [0.15, 0.2) is 11.4 Å². The zero-order valence-electron chi connectivity index (χ0n) is 25.8. The van der Waals surface area contributed by atoms with Crippen LogP contribution in [0.5, 0.6) is 0 Å². The first-order chi connectivity index (χ1) is 23.0. The van der Waals surface area contributed by atoms with Gasteiger partial charge >= 0.3 is 12.2 Å². The van der Waals surface area contributed by atoms with Gasteiger partial charge in [-0.15, -0.1) is 0 Å². The quantitative estimate of drug-likeness (QED) is 0.204. The molecular formula is C36H31ClN4O7. The van der Waals surface area contributed by atoms with Crippen LogP contribution in [0, 0.1) is 0 Å². The molecule has 4 aromatic carbocycles. The van der Waals surface area contributed by atoms with Crippen LogP contribution in [0.1, 0.15) is 43.8 Å². The molecule has 4 amide bonds. The van der Waals surface area contributed by atoms with Gasteiger partial charge in [0.05, 0.1) is 12.2 Å². The van der Waals surface area contributed by atoms with Gasteiger partial charge in [0, 0.05) is 59.4 Å². The number of carbonyl (C=O) groups excluding carboxylic acids is 4. The molecule has 2 atom stereocenters. The Bertz CT molecular complexity index is 1900. The van der Waals surface area contributed by atoms with Crippen molar-refractivity contribution in [1.82, 2.24) is 10.2 Å². The predicted molar refractivity (Wildman–Crippen MR) is 179 cm³/mol. The van der Waals surface area contributed by atoms with Gasteiger partial charge in [-0.05, 0) is 48.0 Å². The molecule has 11 nitrogen and oxygen atoms in total. The van der Waals surface area contributed by atoms with Crippen LogP contribution in [0.15, 0.2) is 97.1 Å². The number of carbonyl (C=O) groups is 5. The second-order valence-electron chi connectivity index (χ2n) is 11.7. The standard InChI is InChI=1S/C36H31ClN4O7/c1-40(35(46)47)27-14-11-25(12-15-27)32(43)38-30(19-22-7-9-24(10-8-22)31(42)23-5-3-2-4-6-23)33(44)41-18-17-36(21-41)28-20-26(37)13-16-29(28)39-34(45)48-36/h2-16,20,30H,17-19,21H2,1H3,(H,38,43)(H,39,45)(H,46,47)/t30-,36?/m0/s1. The predicted octanol–water partition coefficient (Wildman–Crippen LogP) is 5.72. The molecule has 0 aromatic heterocycles. The molecule has 1 spiro atoms. The number of hydrogen-bond acceptors (Lipinski definition) is 6. The van der Waals surface area contributed by atoms with E-state index in [0.29, 0.717) is 45.1 Å². The number of benzene rings is 4. The van der Waals surface area contributed by atoms with E-state index in [4.69, 9.17) is 16.3 Å². The zero-order valence-corrected chi connectivity index (χ0v) is 26.6. The molecule has 0 bridgehead atoms. The summed E-state index contributed by atoms with van der Waals surface area (Å²) in [5, 5.41) is 15.3. The van der Waals surface area contributed by atoms with Gasteiger partial charge in [-0.2, -0.15) is 0 Å². The first-order valence-corrected chi connectivity index (χ1v) is 15.6. The van der Waals surface area contributed by atoms with Crippen LogP contribution in [-0.4, -0.2) is 66.0 Å². The van der Waals surface area contributed by atoms with E-state index in [1.165, 1.54) is 31.3 Å². The van der Waals surface area contributed by atoms with Crippen molar-refractivity contribution < 1.29 is 33.8 Å². The highest BCUT2D eigenvalue weighted by Crippen LogP contribution is 2.44. The van der Waals surface area contributed by atoms with Crippen LogP contribution in [-0.2, 0) is 21.6 Å². The van der Waals surface area contributed by atoms with Gasteiger partial charge in [0.1, 0.15) is 6.04 Å². The van der Waals surface area contributed by atoms with Crippen LogP contribution in [0.3, 0.4) is 0 Å². The van der Waals surface area contributed by atoms with Gasteiger partial charge in [-0.3, -0.25) is 24.6 Å². The van der Waals surface area contributed by atoms with E-state index in [1.807, 2.05) is 6.07 Å². The van der Waals surface area contributed by atoms with Crippen molar-refractivity contribution in [3.05, 3.63) is 130 Å². The summed E-state index contributed by atoms with van der Waals surface area (Å²) < 4.78 is 5.80. The average molecular weight is 667 g/mol. The Morgan fingerprint density at radius 3 is 2.31 bits per heavy atom. The molecule has 6 rings (SSSR count). The summed E-state index contributed by atoms with van der Waals surface area (Å²) in [6.45, 7) is 0.310. The van der Waals surface area contributed by atoms with Crippen LogP contribution in [0.25, 0.3) is 0 Å². The first-order valence-electron chi connectivity index (χ1n) is 15.2. The maximum atomic E-state index is 14.2. The Balaban J connectivity index is 1.25. The van der Waals surface area contributed by atoms with E-state index in [1.54, 1.807) is 71.6 Å². The molecule has 1 saturated heterocycles. The number of ether oxygens (including phenoxy) is 1. The fraction of sp³-hybridized carbons (Fsp3) is 0.194. The van der Waals surface area contributed by atoms with Crippen LogP contribution in [0.2, 0.25) is 5.02 Å². The molecular weight excluding hydrogens is 636 g/mol. The topological polar surface area (TPSA) is 145 Å². The number of ketones is 1. The Morgan fingerprint density at radius 1 is 0.958 bits per heavy atom. The second kappa shape index (κ2) is 13.2. The normalized spacial score (nSPS) is 17.1. The third-order valence-corrected chi connectivity index (χ3v) is 8.87. The van der Waals surface area contributed by atoms with Crippen molar-refractivity contribution in [1.29, 1.82) is 0 Å². The zero-order chi connectivity index (χ0) is 34.0. The van der Waals surface area contributed by atoms with Crippen molar-refractivity contribution in [3.8, 4) is 0 Å². The highest BCUT2D eigenvalue weighted by molar-refractivity contribution is 6.30. The Labute approximate surface area is 281 Å². The lowest BCUT2D eigenvalue weighted by Gasteiger charge is -2.35. The van der Waals surface area contributed by atoms with E-state index in [2.05, 4.69) is 10.6 Å². The Kier molecular flexibility index (Phi) is 8.88. The molecule has 1 unspecified atom stereocenters. The van der Waals surface area contributed by atoms with Gasteiger partial charge in [0.2, 0.25) is 5.91 Å². The number of nitrogens with zero attached hydrogens (tertiary/aromatic N) is 2. The summed E-state index contributed by atoms with van der Waals surface area (Å²) in [7, 11) is 1.39. The lowest BCUT2D eigenvalue weighted by molar-refractivity contribution is -0.133. The van der Waals surface area contributed by atoms with Gasteiger partial charge in [-0.25, -0.2) is 9.59 Å². The minimum atomic E-state index is -1.15. The number of rotatable bonds is 8. The molecule has 0 saturated carbocycles. The molecule has 12 heteroatoms. The summed E-state index contributed by atoms with van der Waals surface area (Å²) in [5.74, 6) is -1.06. The maximum absolute atomic E-state index is 14.2. The van der Waals surface area contributed by atoms with E-state index < -0.39 is 29.7 Å². The van der Waals surface area contributed by atoms with Crippen molar-refractivity contribution in [3.63, 3.8) is 0 Å². The third-order valence-electron chi connectivity index (χ3n) is 8.64. The maximum Gasteiger partial charge on any atom is 0.412 e. The number of nitrogens with one attached hydrogen (secondary N) is 2. The van der Waals surface area contributed by atoms with E-state index in [-0.39, 0.29) is 36.8 Å². The highest BCUT2D eigenvalue weighted by Gasteiger charge is 2.49. The number of amides is 4. The van der Waals surface area contributed by atoms with Crippen molar-refractivity contribution in [2.75, 3.05) is 30.4 Å². The molecule has 48 heavy (non-hydrogen) atoms. The monoisotopic (exact) mass is 666 g/mol.